The van der Waals surface area contributed by atoms with Gasteiger partial charge in [-0.1, -0.05) is 70.7 Å². The fraction of sp³-hybridized carbons (Fsp3) is 0.516. The van der Waals surface area contributed by atoms with Crippen molar-refractivity contribution in [3.05, 3.63) is 111 Å². The Labute approximate surface area is 520 Å². The van der Waals surface area contributed by atoms with Crippen LogP contribution in [0.25, 0.3) is 21.6 Å². The minimum atomic E-state index is -5.00. The van der Waals surface area contributed by atoms with Crippen molar-refractivity contribution in [3.63, 3.8) is 0 Å². The van der Waals surface area contributed by atoms with Gasteiger partial charge in [0.05, 0.1) is 44.7 Å². The number of hydrogen-bond donors (Lipinski definition) is 6. The summed E-state index contributed by atoms with van der Waals surface area (Å²) in [5.74, 6) is -2.62. The molecule has 0 saturated carbocycles. The minimum absolute atomic E-state index is 0.0122. The van der Waals surface area contributed by atoms with E-state index in [0.29, 0.717) is 75.9 Å². The zero-order chi connectivity index (χ0) is 64.3. The number of alkyl halides is 3. The van der Waals surface area contributed by atoms with E-state index in [1.54, 1.807) is 33.9 Å². The molecule has 0 spiro atoms. The lowest BCUT2D eigenvalue weighted by atomic mass is 9.85. The second-order valence-corrected chi connectivity index (χ2v) is 25.5. The number of carbonyl (C=O) groups excluding carboxylic acids is 6. The number of anilines is 3. The monoisotopic (exact) mass is 1250 g/mol. The number of nitrogens with one attached hydrogen (secondary N) is 5. The Kier molecular flexibility index (Phi) is 22.4. The highest BCUT2D eigenvalue weighted by Gasteiger charge is 2.45. The molecule has 3 aliphatic heterocycles. The standard InChI is InChI=1S/C64H82F4N12O8S/c1-39-35-79(36-40(2)76(39)7)51-31-49(65)46(29-50(51)74-60(86)47-34-71-56(84)30-48(47)64(66,67)68)44-19-20-53(70-33-44)77-24-26-78(27-25-77)57(85)22-21-54(82)69-23-13-11-9-8-10-12-14-55(83)75-59(63(4,5)6)62(88)80-37-45(81)28-52(80)61(87)72-32-42-15-17-43(18-16-42)58-41(3)73-38-89-58/h15-20,29-31,33-34,38-40,45,52,59,81H,8-14,21-28,32,35-37H2,1-7H3,(H,69,82)(H,71,84)(H,72,87)(H,74,86)(H,75,83)/t39-,40+,45-,52+,59-/m1/s1. The van der Waals surface area contributed by atoms with Gasteiger partial charge in [-0.2, -0.15) is 13.2 Å². The van der Waals surface area contributed by atoms with E-state index in [2.05, 4.69) is 41.1 Å². The van der Waals surface area contributed by atoms with Crippen LogP contribution in [0.15, 0.2) is 77.3 Å². The summed E-state index contributed by atoms with van der Waals surface area (Å²) in [7, 11) is 1.97. The number of amides is 6. The van der Waals surface area contributed by atoms with Gasteiger partial charge in [0.25, 0.3) is 5.91 Å². The van der Waals surface area contributed by atoms with Crippen LogP contribution in [-0.2, 0) is 36.7 Å². The predicted octanol–water partition coefficient (Wildman–Crippen LogP) is 7.89. The molecule has 5 atom stereocenters. The third-order valence-corrected chi connectivity index (χ3v) is 17.9. The molecule has 3 saturated heterocycles. The first-order valence-corrected chi connectivity index (χ1v) is 31.4. The normalized spacial score (nSPS) is 18.6. The third kappa shape index (κ3) is 17.6. The summed E-state index contributed by atoms with van der Waals surface area (Å²) in [6, 6.07) is 12.4. The van der Waals surface area contributed by atoms with E-state index >= 15 is 4.39 Å². The number of unbranched alkanes of at least 4 members (excludes halogenated alkanes) is 5. The molecule has 2 aromatic carbocycles. The number of aromatic nitrogens is 3. The molecule has 6 N–H and O–H groups in total. The number of nitrogens with zero attached hydrogens (tertiary/aromatic N) is 7. The number of rotatable bonds is 23. The average Bonchev–Trinajstić information content (AvgIpc) is 3.77. The molecule has 0 bridgehead atoms. The van der Waals surface area contributed by atoms with E-state index in [4.69, 9.17) is 0 Å². The van der Waals surface area contributed by atoms with Gasteiger partial charge in [-0.25, -0.2) is 14.4 Å². The summed E-state index contributed by atoms with van der Waals surface area (Å²) in [4.78, 5) is 113. The lowest BCUT2D eigenvalue weighted by Crippen LogP contribution is -2.57. The zero-order valence-corrected chi connectivity index (χ0v) is 52.4. The van der Waals surface area contributed by atoms with Crippen molar-refractivity contribution >= 4 is 64.0 Å². The molecule has 8 rings (SSSR count). The maximum Gasteiger partial charge on any atom is 0.417 e. The topological polar surface area (TPSA) is 246 Å². The van der Waals surface area contributed by atoms with Crippen molar-refractivity contribution in [2.75, 3.05) is 74.5 Å². The van der Waals surface area contributed by atoms with Crippen molar-refractivity contribution < 1.29 is 51.4 Å². The number of likely N-dealkylation sites (tertiary alicyclic amines) is 1. The summed E-state index contributed by atoms with van der Waals surface area (Å²) in [6.07, 6.45) is 1.53. The molecular weight excluding hydrogens is 1170 g/mol. The summed E-state index contributed by atoms with van der Waals surface area (Å²) in [5.41, 5.74) is 1.51. The Morgan fingerprint density at radius 2 is 1.47 bits per heavy atom. The van der Waals surface area contributed by atoms with E-state index in [-0.39, 0.29) is 91.4 Å². The smallest absolute Gasteiger partial charge is 0.391 e. The van der Waals surface area contributed by atoms with Crippen LogP contribution in [-0.4, -0.2) is 160 Å². The maximum atomic E-state index is 16.2. The first-order chi connectivity index (χ1) is 42.2. The highest BCUT2D eigenvalue weighted by molar-refractivity contribution is 7.13. The second kappa shape index (κ2) is 29.7. The van der Waals surface area contributed by atoms with Gasteiger partial charge in [-0.3, -0.25) is 38.5 Å². The number of benzene rings is 2. The molecular formula is C64H82F4N12O8S. The maximum absolute atomic E-state index is 16.2. The lowest BCUT2D eigenvalue weighted by Gasteiger charge is -2.44. The van der Waals surface area contributed by atoms with Gasteiger partial charge < -0.3 is 51.0 Å². The Bertz CT molecular complexity index is 3350. The number of β-amino-alcohol motifs (C(OH)–C–C–N with tert-alkyl or cyclic N) is 1. The van der Waals surface area contributed by atoms with Crippen LogP contribution >= 0.6 is 11.3 Å². The number of aryl methyl sites for hydroxylation is 1. The van der Waals surface area contributed by atoms with Crippen LogP contribution in [0.3, 0.4) is 0 Å². The first kappa shape index (κ1) is 67.2. The van der Waals surface area contributed by atoms with E-state index in [9.17, 15) is 51.8 Å². The fourth-order valence-electron chi connectivity index (χ4n) is 11.6. The van der Waals surface area contributed by atoms with E-state index < -0.39 is 64.1 Å². The number of hydrogen-bond acceptors (Lipinski definition) is 14. The van der Waals surface area contributed by atoms with Gasteiger partial charge in [0.1, 0.15) is 23.7 Å². The van der Waals surface area contributed by atoms with Gasteiger partial charge in [0.15, 0.2) is 0 Å². The minimum Gasteiger partial charge on any atom is -0.391 e. The van der Waals surface area contributed by atoms with Gasteiger partial charge in [-0.05, 0) is 81.5 Å². The zero-order valence-electron chi connectivity index (χ0n) is 51.6. The largest absolute Gasteiger partial charge is 0.417 e. The Morgan fingerprint density at radius 1 is 0.798 bits per heavy atom. The molecule has 3 aromatic heterocycles. The van der Waals surface area contributed by atoms with Crippen molar-refractivity contribution in [1.82, 2.24) is 45.6 Å². The predicted molar refractivity (Wildman–Crippen MR) is 334 cm³/mol. The van der Waals surface area contributed by atoms with Crippen molar-refractivity contribution in [1.29, 1.82) is 0 Å². The molecule has 6 heterocycles. The number of likely N-dealkylation sites (N-methyl/N-ethyl adjacent to an activating group) is 1. The van der Waals surface area contributed by atoms with Crippen molar-refractivity contribution in [2.45, 2.75) is 149 Å². The SMILES string of the molecule is Cc1ncsc1-c1ccc(CNC(=O)[C@@H]2C[C@@H](O)CN2C(=O)[C@@H](NC(=O)CCCCCCCCNC(=O)CCC(=O)N2CCN(c3ccc(-c4cc(NC(=O)c5c[nH]c(=O)cc5C(F)(F)F)c(N5C[C@@H](C)N(C)[C@@H](C)C5)cc4F)cn3)CC2)C(C)(C)C)cc1. The number of carbonyl (C=O) groups is 6. The molecule has 3 aliphatic rings. The molecule has 0 unspecified atom stereocenters. The number of aliphatic hydroxyl groups is 1. The summed E-state index contributed by atoms with van der Waals surface area (Å²) in [6.45, 7) is 14.8. The summed E-state index contributed by atoms with van der Waals surface area (Å²) < 4.78 is 58.2. The van der Waals surface area contributed by atoms with Crippen molar-refractivity contribution in [3.8, 4) is 21.6 Å². The molecule has 3 fully saturated rings. The number of halogens is 4. The third-order valence-electron chi connectivity index (χ3n) is 17.0. The number of pyridine rings is 2. The van der Waals surface area contributed by atoms with Crippen LogP contribution in [0.2, 0.25) is 0 Å². The van der Waals surface area contributed by atoms with Crippen LogP contribution < -0.4 is 36.6 Å². The molecule has 25 heteroatoms. The Morgan fingerprint density at radius 3 is 2.11 bits per heavy atom. The summed E-state index contributed by atoms with van der Waals surface area (Å²) >= 11 is 1.56. The number of H-pyrrole nitrogens is 1. The highest BCUT2D eigenvalue weighted by Crippen LogP contribution is 2.38. The van der Waals surface area contributed by atoms with Crippen LogP contribution in [0, 0.1) is 18.2 Å². The van der Waals surface area contributed by atoms with Crippen LogP contribution in [0.5, 0.6) is 0 Å². The number of piperazine rings is 2. The number of thiazole rings is 1. The molecule has 20 nitrogen and oxygen atoms in total. The molecule has 89 heavy (non-hydrogen) atoms. The number of aromatic amines is 1. The van der Waals surface area contributed by atoms with Gasteiger partial charge in [0, 0.05) is 126 Å². The van der Waals surface area contributed by atoms with Crippen LogP contribution in [0.1, 0.15) is 126 Å². The van der Waals surface area contributed by atoms with E-state index in [0.717, 1.165) is 53.8 Å². The number of aliphatic hydroxyl groups excluding tert-OH is 1. The van der Waals surface area contributed by atoms with E-state index in [1.807, 2.05) is 82.7 Å². The molecule has 0 aliphatic carbocycles. The van der Waals surface area contributed by atoms with Crippen molar-refractivity contribution in [2.24, 2.45) is 5.41 Å². The van der Waals surface area contributed by atoms with Gasteiger partial charge in [-0.15, -0.1) is 11.3 Å². The Balaban J connectivity index is 0.719. The molecule has 5 aromatic rings. The van der Waals surface area contributed by atoms with Crippen LogP contribution in [0.4, 0.5) is 34.8 Å². The summed E-state index contributed by atoms with van der Waals surface area (Å²) in [5, 5.41) is 22.0. The lowest BCUT2D eigenvalue weighted by molar-refractivity contribution is -0.144. The second-order valence-electron chi connectivity index (χ2n) is 24.6. The highest BCUT2D eigenvalue weighted by atomic mass is 32.1. The molecule has 6 amide bonds. The average molecular weight is 1260 g/mol. The van der Waals surface area contributed by atoms with Gasteiger partial charge >= 0.3 is 6.18 Å². The fourth-order valence-corrected chi connectivity index (χ4v) is 12.4. The molecule has 0 radical (unpaired) electrons. The first-order valence-electron chi connectivity index (χ1n) is 30.5. The van der Waals surface area contributed by atoms with Gasteiger partial charge in [0.2, 0.25) is 35.1 Å². The quantitative estimate of drug-likeness (QED) is 0.0269. The molecule has 480 valence electrons. The van der Waals surface area contributed by atoms with E-state index in [1.165, 1.54) is 23.2 Å². The Hall–Kier alpha value is -7.77.